The van der Waals surface area contributed by atoms with Crippen LogP contribution in [0.5, 0.6) is 0 Å². The SMILES string of the molecule is CC(C)c1nc(Br)nc(Br)c1C=O. The molecule has 5 heteroatoms. The van der Waals surface area contributed by atoms with Gasteiger partial charge >= 0.3 is 0 Å². The fraction of sp³-hybridized carbons (Fsp3) is 0.375. The summed E-state index contributed by atoms with van der Waals surface area (Å²) in [7, 11) is 0. The van der Waals surface area contributed by atoms with Crippen molar-refractivity contribution in [2.45, 2.75) is 19.8 Å². The number of nitrogens with zero attached hydrogens (tertiary/aromatic N) is 2. The Labute approximate surface area is 93.2 Å². The maximum Gasteiger partial charge on any atom is 0.197 e. The highest BCUT2D eigenvalue weighted by Gasteiger charge is 2.13. The molecule has 0 amide bonds. The monoisotopic (exact) mass is 306 g/mol. The first-order valence-corrected chi connectivity index (χ1v) is 5.33. The third-order valence-corrected chi connectivity index (χ3v) is 2.53. The highest BCUT2D eigenvalue weighted by atomic mass is 79.9. The van der Waals surface area contributed by atoms with Crippen LogP contribution in [0.15, 0.2) is 9.34 Å². The second-order valence-electron chi connectivity index (χ2n) is 2.85. The Morgan fingerprint density at radius 3 is 2.38 bits per heavy atom. The van der Waals surface area contributed by atoms with E-state index in [0.29, 0.717) is 14.9 Å². The van der Waals surface area contributed by atoms with Crippen molar-refractivity contribution in [3.05, 3.63) is 20.6 Å². The molecule has 0 saturated heterocycles. The lowest BCUT2D eigenvalue weighted by atomic mass is 10.1. The van der Waals surface area contributed by atoms with Crippen molar-refractivity contribution >= 4 is 38.1 Å². The lowest BCUT2D eigenvalue weighted by Crippen LogP contribution is -2.03. The van der Waals surface area contributed by atoms with Crippen LogP contribution in [0.4, 0.5) is 0 Å². The average molecular weight is 308 g/mol. The Morgan fingerprint density at radius 2 is 1.92 bits per heavy atom. The van der Waals surface area contributed by atoms with E-state index in [-0.39, 0.29) is 5.92 Å². The van der Waals surface area contributed by atoms with Gasteiger partial charge in [0, 0.05) is 0 Å². The first-order chi connectivity index (χ1) is 6.06. The van der Waals surface area contributed by atoms with E-state index in [0.717, 1.165) is 12.0 Å². The molecule has 1 aromatic rings. The van der Waals surface area contributed by atoms with Crippen molar-refractivity contribution in [2.24, 2.45) is 0 Å². The third kappa shape index (κ3) is 2.34. The van der Waals surface area contributed by atoms with Crippen LogP contribution < -0.4 is 0 Å². The third-order valence-electron chi connectivity index (χ3n) is 1.57. The Bertz CT molecular complexity index is 339. The molecule has 0 radical (unpaired) electrons. The largest absolute Gasteiger partial charge is 0.298 e. The molecular formula is C8H8Br2N2O. The summed E-state index contributed by atoms with van der Waals surface area (Å²) in [4.78, 5) is 18.9. The van der Waals surface area contributed by atoms with Crippen LogP contribution in [0.1, 0.15) is 35.8 Å². The molecule has 1 heterocycles. The Balaban J connectivity index is 3.38. The fourth-order valence-electron chi connectivity index (χ4n) is 0.981. The Morgan fingerprint density at radius 1 is 1.31 bits per heavy atom. The summed E-state index contributed by atoms with van der Waals surface area (Å²) >= 11 is 6.39. The number of halogens is 2. The summed E-state index contributed by atoms with van der Waals surface area (Å²) in [5, 5.41) is 0. The van der Waals surface area contributed by atoms with Gasteiger partial charge in [-0.3, -0.25) is 4.79 Å². The van der Waals surface area contributed by atoms with Gasteiger partial charge in [0.1, 0.15) is 4.60 Å². The van der Waals surface area contributed by atoms with E-state index in [1.807, 2.05) is 13.8 Å². The maximum absolute atomic E-state index is 10.7. The van der Waals surface area contributed by atoms with Gasteiger partial charge in [-0.15, -0.1) is 0 Å². The quantitative estimate of drug-likeness (QED) is 0.479. The molecule has 0 atom stereocenters. The van der Waals surface area contributed by atoms with E-state index in [1.54, 1.807) is 0 Å². The van der Waals surface area contributed by atoms with Crippen molar-refractivity contribution in [3.8, 4) is 0 Å². The smallest absolute Gasteiger partial charge is 0.197 e. The molecule has 0 aliphatic rings. The Hall–Kier alpha value is -0.290. The highest BCUT2D eigenvalue weighted by molar-refractivity contribution is 9.11. The van der Waals surface area contributed by atoms with Crippen LogP contribution in [0.25, 0.3) is 0 Å². The van der Waals surface area contributed by atoms with Crippen LogP contribution in [-0.4, -0.2) is 16.3 Å². The minimum absolute atomic E-state index is 0.204. The molecule has 1 aromatic heterocycles. The van der Waals surface area contributed by atoms with Crippen molar-refractivity contribution in [2.75, 3.05) is 0 Å². The number of aromatic nitrogens is 2. The number of carbonyl (C=O) groups excluding carboxylic acids is 1. The predicted molar refractivity (Wildman–Crippen MR) is 56.9 cm³/mol. The first-order valence-electron chi connectivity index (χ1n) is 3.74. The summed E-state index contributed by atoms with van der Waals surface area (Å²) in [6, 6.07) is 0. The molecule has 3 nitrogen and oxygen atoms in total. The van der Waals surface area contributed by atoms with Crippen LogP contribution in [0.3, 0.4) is 0 Å². The maximum atomic E-state index is 10.7. The minimum atomic E-state index is 0.204. The van der Waals surface area contributed by atoms with E-state index in [2.05, 4.69) is 41.8 Å². The van der Waals surface area contributed by atoms with Gasteiger partial charge in [-0.05, 0) is 37.8 Å². The molecule has 70 valence electrons. The molecule has 0 aliphatic heterocycles. The fourth-order valence-corrected chi connectivity index (χ4v) is 2.05. The van der Waals surface area contributed by atoms with Crippen molar-refractivity contribution < 1.29 is 4.79 Å². The van der Waals surface area contributed by atoms with Crippen molar-refractivity contribution in [3.63, 3.8) is 0 Å². The molecular weight excluding hydrogens is 300 g/mol. The first kappa shape index (κ1) is 10.8. The van der Waals surface area contributed by atoms with E-state index in [4.69, 9.17) is 0 Å². The van der Waals surface area contributed by atoms with Crippen LogP contribution in [0.2, 0.25) is 0 Å². The molecule has 1 rings (SSSR count). The number of carbonyl (C=O) groups is 1. The van der Waals surface area contributed by atoms with Crippen molar-refractivity contribution in [1.29, 1.82) is 0 Å². The molecule has 0 aliphatic carbocycles. The zero-order valence-corrected chi connectivity index (χ0v) is 10.4. The molecule has 0 N–H and O–H groups in total. The Kier molecular flexibility index (Phi) is 3.55. The molecule has 0 bridgehead atoms. The lowest BCUT2D eigenvalue weighted by molar-refractivity contribution is 0.112. The summed E-state index contributed by atoms with van der Waals surface area (Å²) in [6.45, 7) is 3.96. The van der Waals surface area contributed by atoms with Crippen LogP contribution >= 0.6 is 31.9 Å². The zero-order chi connectivity index (χ0) is 10.0. The zero-order valence-electron chi connectivity index (χ0n) is 7.21. The summed E-state index contributed by atoms with van der Waals surface area (Å²) in [6.07, 6.45) is 0.770. The number of aldehydes is 1. The number of hydrogen-bond acceptors (Lipinski definition) is 3. The minimum Gasteiger partial charge on any atom is -0.298 e. The molecule has 0 fully saturated rings. The summed E-state index contributed by atoms with van der Waals surface area (Å²) < 4.78 is 1.03. The van der Waals surface area contributed by atoms with Crippen LogP contribution in [0, 0.1) is 0 Å². The van der Waals surface area contributed by atoms with Gasteiger partial charge in [-0.1, -0.05) is 13.8 Å². The molecule has 0 saturated carbocycles. The number of rotatable bonds is 2. The van der Waals surface area contributed by atoms with Gasteiger partial charge in [0.15, 0.2) is 11.0 Å². The van der Waals surface area contributed by atoms with Gasteiger partial charge < -0.3 is 0 Å². The van der Waals surface area contributed by atoms with Gasteiger partial charge in [-0.25, -0.2) is 9.97 Å². The molecule has 0 spiro atoms. The molecule has 0 aromatic carbocycles. The lowest BCUT2D eigenvalue weighted by Gasteiger charge is -2.08. The number of hydrogen-bond donors (Lipinski definition) is 0. The second kappa shape index (κ2) is 4.28. The highest BCUT2D eigenvalue weighted by Crippen LogP contribution is 2.23. The summed E-state index contributed by atoms with van der Waals surface area (Å²) in [5.74, 6) is 0.204. The normalized spacial score (nSPS) is 10.5. The van der Waals surface area contributed by atoms with Gasteiger partial charge in [0.25, 0.3) is 0 Å². The molecule has 13 heavy (non-hydrogen) atoms. The van der Waals surface area contributed by atoms with Gasteiger partial charge in [0.05, 0.1) is 11.3 Å². The van der Waals surface area contributed by atoms with E-state index >= 15 is 0 Å². The van der Waals surface area contributed by atoms with Crippen LogP contribution in [-0.2, 0) is 0 Å². The molecule has 0 unspecified atom stereocenters. The van der Waals surface area contributed by atoms with E-state index in [1.165, 1.54) is 0 Å². The van der Waals surface area contributed by atoms with Gasteiger partial charge in [-0.2, -0.15) is 0 Å². The second-order valence-corrected chi connectivity index (χ2v) is 4.32. The average Bonchev–Trinajstić information content (AvgIpc) is 2.02. The summed E-state index contributed by atoms with van der Waals surface area (Å²) in [5.41, 5.74) is 1.28. The van der Waals surface area contributed by atoms with Gasteiger partial charge in [0.2, 0.25) is 0 Å². The predicted octanol–water partition coefficient (Wildman–Crippen LogP) is 2.94. The topological polar surface area (TPSA) is 42.9 Å². The standard InChI is InChI=1S/C8H8Br2N2O/c1-4(2)6-5(3-13)7(9)12-8(10)11-6/h3-4H,1-2H3. The van der Waals surface area contributed by atoms with E-state index in [9.17, 15) is 4.79 Å². The van der Waals surface area contributed by atoms with E-state index < -0.39 is 0 Å². The van der Waals surface area contributed by atoms with Crippen molar-refractivity contribution in [1.82, 2.24) is 9.97 Å².